The lowest BCUT2D eigenvalue weighted by atomic mass is 10.0. The van der Waals surface area contributed by atoms with Gasteiger partial charge in [0.05, 0.1) is 33.3 Å². The van der Waals surface area contributed by atoms with Crippen LogP contribution in [0.2, 0.25) is 0 Å². The minimum atomic E-state index is -3.38. The topological polar surface area (TPSA) is 94.2 Å². The smallest absolute Gasteiger partial charge is 0.248 e. The molecule has 1 heterocycles. The number of hydrogen-bond acceptors (Lipinski definition) is 6. The van der Waals surface area contributed by atoms with Crippen molar-refractivity contribution in [3.05, 3.63) is 47.5 Å². The number of ether oxygens (including phenoxy) is 3. The van der Waals surface area contributed by atoms with Gasteiger partial charge < -0.3 is 19.5 Å². The molecule has 31 heavy (non-hydrogen) atoms. The van der Waals surface area contributed by atoms with E-state index in [1.807, 2.05) is 6.07 Å². The summed E-state index contributed by atoms with van der Waals surface area (Å²) in [5.74, 6) is 1.08. The Kier molecular flexibility index (Phi) is 6.74. The first-order chi connectivity index (χ1) is 14.8. The number of fused-ring (bicyclic) bond motifs is 1. The van der Waals surface area contributed by atoms with Gasteiger partial charge in [0, 0.05) is 18.3 Å². The van der Waals surface area contributed by atoms with Crippen LogP contribution in [0, 0.1) is 0 Å². The Morgan fingerprint density at radius 1 is 1.06 bits per heavy atom. The van der Waals surface area contributed by atoms with Gasteiger partial charge in [0.25, 0.3) is 0 Å². The first-order valence-corrected chi connectivity index (χ1v) is 11.5. The zero-order valence-corrected chi connectivity index (χ0v) is 18.8. The molecule has 2 aromatic carbocycles. The van der Waals surface area contributed by atoms with E-state index in [0.717, 1.165) is 18.4 Å². The van der Waals surface area contributed by atoms with Crippen LogP contribution in [0.1, 0.15) is 17.5 Å². The molecule has 0 aromatic heterocycles. The molecule has 0 saturated carbocycles. The number of carbonyl (C=O) groups excluding carboxylic acids is 1. The Hall–Kier alpha value is -3.20. The van der Waals surface area contributed by atoms with Crippen molar-refractivity contribution in [2.24, 2.45) is 0 Å². The van der Waals surface area contributed by atoms with Crippen LogP contribution in [0.15, 0.2) is 36.4 Å². The van der Waals surface area contributed by atoms with Crippen molar-refractivity contribution in [3.8, 4) is 17.2 Å². The number of anilines is 2. The van der Waals surface area contributed by atoms with Crippen LogP contribution in [0.4, 0.5) is 11.4 Å². The van der Waals surface area contributed by atoms with E-state index < -0.39 is 10.0 Å². The van der Waals surface area contributed by atoms with Crippen molar-refractivity contribution < 1.29 is 27.4 Å². The van der Waals surface area contributed by atoms with Gasteiger partial charge in [0.2, 0.25) is 21.7 Å². The molecule has 0 aliphatic carbocycles. The molecule has 8 nitrogen and oxygen atoms in total. The van der Waals surface area contributed by atoms with Crippen LogP contribution in [0.25, 0.3) is 6.08 Å². The maximum Gasteiger partial charge on any atom is 0.248 e. The monoisotopic (exact) mass is 446 g/mol. The van der Waals surface area contributed by atoms with Gasteiger partial charge in [0.15, 0.2) is 11.5 Å². The number of rotatable bonds is 7. The van der Waals surface area contributed by atoms with Gasteiger partial charge in [0.1, 0.15) is 0 Å². The standard InChI is InChI=1S/C22H26N2O6S/c1-28-19-12-15(13-20(29-2)22(19)30-3)7-10-21(25)23-17-9-8-16-6-5-11-24(18(16)14-17)31(4,26)27/h7-10,12-14H,5-6,11H2,1-4H3,(H,23,25). The highest BCUT2D eigenvalue weighted by molar-refractivity contribution is 7.92. The van der Waals surface area contributed by atoms with E-state index in [1.165, 1.54) is 38.0 Å². The minimum Gasteiger partial charge on any atom is -0.493 e. The summed E-state index contributed by atoms with van der Waals surface area (Å²) in [6, 6.07) is 8.78. The second-order valence-corrected chi connectivity index (χ2v) is 8.97. The second-order valence-electron chi connectivity index (χ2n) is 7.06. The van der Waals surface area contributed by atoms with Crippen molar-refractivity contribution in [1.82, 2.24) is 0 Å². The first-order valence-electron chi connectivity index (χ1n) is 9.66. The number of aryl methyl sites for hydroxylation is 1. The van der Waals surface area contributed by atoms with E-state index in [9.17, 15) is 13.2 Å². The SMILES string of the molecule is COc1cc(C=CC(=O)Nc2ccc3c(c2)N(S(C)(=O)=O)CCC3)cc(OC)c1OC. The third-order valence-corrected chi connectivity index (χ3v) is 6.12. The van der Waals surface area contributed by atoms with Crippen molar-refractivity contribution in [2.45, 2.75) is 12.8 Å². The lowest BCUT2D eigenvalue weighted by Crippen LogP contribution is -2.34. The zero-order chi connectivity index (χ0) is 22.6. The number of sulfonamides is 1. The molecule has 0 fully saturated rings. The fraction of sp³-hybridized carbons (Fsp3) is 0.318. The molecule has 1 aliphatic rings. The molecule has 0 unspecified atom stereocenters. The maximum absolute atomic E-state index is 12.4. The summed E-state index contributed by atoms with van der Waals surface area (Å²) in [5, 5.41) is 2.78. The van der Waals surface area contributed by atoms with E-state index in [-0.39, 0.29) is 5.91 Å². The van der Waals surface area contributed by atoms with Crippen molar-refractivity contribution in [1.29, 1.82) is 0 Å². The molecule has 0 saturated heterocycles. The molecule has 0 spiro atoms. The fourth-order valence-corrected chi connectivity index (χ4v) is 4.50. The highest BCUT2D eigenvalue weighted by Gasteiger charge is 2.24. The number of benzene rings is 2. The quantitative estimate of drug-likeness (QED) is 0.657. The van der Waals surface area contributed by atoms with Gasteiger partial charge >= 0.3 is 0 Å². The van der Waals surface area contributed by atoms with Crippen molar-refractivity contribution in [2.75, 3.05) is 43.8 Å². The predicted molar refractivity (Wildman–Crippen MR) is 121 cm³/mol. The number of amides is 1. The largest absolute Gasteiger partial charge is 0.493 e. The van der Waals surface area contributed by atoms with E-state index in [0.29, 0.717) is 40.7 Å². The summed E-state index contributed by atoms with van der Waals surface area (Å²) in [6.07, 6.45) is 5.77. The Morgan fingerprint density at radius 3 is 2.32 bits per heavy atom. The van der Waals surface area contributed by atoms with E-state index in [2.05, 4.69) is 5.32 Å². The number of nitrogens with zero attached hydrogens (tertiary/aromatic N) is 1. The number of hydrogen-bond donors (Lipinski definition) is 1. The summed E-state index contributed by atoms with van der Waals surface area (Å²) >= 11 is 0. The maximum atomic E-state index is 12.4. The predicted octanol–water partition coefficient (Wildman–Crippen LogP) is 3.08. The van der Waals surface area contributed by atoms with Crippen molar-refractivity contribution >= 4 is 33.4 Å². The highest BCUT2D eigenvalue weighted by atomic mass is 32.2. The van der Waals surface area contributed by atoms with Gasteiger partial charge in [-0.25, -0.2) is 8.42 Å². The van der Waals surface area contributed by atoms with Gasteiger partial charge in [-0.15, -0.1) is 0 Å². The molecule has 0 radical (unpaired) electrons. The molecule has 9 heteroatoms. The van der Waals surface area contributed by atoms with Crippen LogP contribution in [-0.2, 0) is 21.2 Å². The fourth-order valence-electron chi connectivity index (χ4n) is 3.52. The molecule has 3 rings (SSSR count). The first kappa shape index (κ1) is 22.5. The molecule has 0 atom stereocenters. The average Bonchev–Trinajstić information content (AvgIpc) is 2.75. The number of nitrogens with one attached hydrogen (secondary N) is 1. The van der Waals surface area contributed by atoms with E-state index in [4.69, 9.17) is 14.2 Å². The van der Waals surface area contributed by atoms with E-state index in [1.54, 1.807) is 30.3 Å². The Balaban J connectivity index is 1.80. The zero-order valence-electron chi connectivity index (χ0n) is 18.0. The molecule has 166 valence electrons. The molecule has 0 bridgehead atoms. The highest BCUT2D eigenvalue weighted by Crippen LogP contribution is 2.38. The lowest BCUT2D eigenvalue weighted by Gasteiger charge is -2.29. The average molecular weight is 447 g/mol. The summed E-state index contributed by atoms with van der Waals surface area (Å²) in [5.41, 5.74) is 2.77. The molecule has 2 aromatic rings. The molecule has 1 amide bonds. The van der Waals surface area contributed by atoms with Gasteiger partial charge in [-0.05, 0) is 54.3 Å². The van der Waals surface area contributed by atoms with Crippen LogP contribution >= 0.6 is 0 Å². The second kappa shape index (κ2) is 9.30. The van der Waals surface area contributed by atoms with Crippen LogP contribution in [0.5, 0.6) is 17.2 Å². The minimum absolute atomic E-state index is 0.351. The Labute approximate surface area is 182 Å². The summed E-state index contributed by atoms with van der Waals surface area (Å²) in [7, 11) is 1.19. The molecule has 1 N–H and O–H groups in total. The van der Waals surface area contributed by atoms with E-state index >= 15 is 0 Å². The summed E-state index contributed by atoms with van der Waals surface area (Å²) in [6.45, 7) is 0.435. The number of methoxy groups -OCH3 is 3. The van der Waals surface area contributed by atoms with Gasteiger partial charge in [-0.3, -0.25) is 9.10 Å². The van der Waals surface area contributed by atoms with Crippen LogP contribution in [0.3, 0.4) is 0 Å². The van der Waals surface area contributed by atoms with Crippen LogP contribution < -0.4 is 23.8 Å². The summed E-state index contributed by atoms with van der Waals surface area (Å²) < 4.78 is 41.5. The van der Waals surface area contributed by atoms with Crippen LogP contribution in [-0.4, -0.2) is 48.5 Å². The molecule has 1 aliphatic heterocycles. The van der Waals surface area contributed by atoms with Crippen molar-refractivity contribution in [3.63, 3.8) is 0 Å². The third-order valence-electron chi connectivity index (χ3n) is 4.94. The normalized spacial score (nSPS) is 13.6. The molecular weight excluding hydrogens is 420 g/mol. The number of carbonyl (C=O) groups is 1. The summed E-state index contributed by atoms with van der Waals surface area (Å²) in [4.78, 5) is 12.4. The Morgan fingerprint density at radius 2 is 1.74 bits per heavy atom. The third kappa shape index (κ3) is 5.11. The molecular formula is C22H26N2O6S. The van der Waals surface area contributed by atoms with Gasteiger partial charge in [-0.1, -0.05) is 6.07 Å². The van der Waals surface area contributed by atoms with Gasteiger partial charge in [-0.2, -0.15) is 0 Å². The Bertz CT molecular complexity index is 1090. The lowest BCUT2D eigenvalue weighted by molar-refractivity contribution is -0.111.